The van der Waals surface area contributed by atoms with Gasteiger partial charge in [0.05, 0.1) is 17.9 Å². The van der Waals surface area contributed by atoms with Gasteiger partial charge >= 0.3 is 0 Å². The molecule has 3 rings (SSSR count). The van der Waals surface area contributed by atoms with Crippen LogP contribution in [-0.2, 0) is 17.8 Å². The molecule has 0 saturated carbocycles. The Morgan fingerprint density at radius 1 is 1.22 bits per heavy atom. The van der Waals surface area contributed by atoms with E-state index in [-0.39, 0.29) is 11.5 Å². The van der Waals surface area contributed by atoms with Gasteiger partial charge in [0, 0.05) is 29.3 Å². The molecule has 0 atom stereocenters. The third-order valence-corrected chi connectivity index (χ3v) is 4.72. The van der Waals surface area contributed by atoms with E-state index >= 15 is 0 Å². The molecule has 6 nitrogen and oxygen atoms in total. The van der Waals surface area contributed by atoms with Gasteiger partial charge in [-0.1, -0.05) is 35.0 Å². The lowest BCUT2D eigenvalue weighted by Gasteiger charge is -2.10. The van der Waals surface area contributed by atoms with Crippen molar-refractivity contribution < 1.29 is 9.32 Å². The maximum Gasteiger partial charge on any atom is 0.250 e. The smallest absolute Gasteiger partial charge is 0.250 e. The highest BCUT2D eigenvalue weighted by atomic mass is 35.5. The second-order valence-electron chi connectivity index (χ2n) is 6.33. The van der Waals surface area contributed by atoms with Crippen molar-refractivity contribution in [3.8, 4) is 0 Å². The van der Waals surface area contributed by atoms with Gasteiger partial charge in [-0.05, 0) is 38.0 Å². The Bertz CT molecular complexity index is 1000. The van der Waals surface area contributed by atoms with E-state index in [0.29, 0.717) is 30.1 Å². The topological polar surface area (TPSA) is 77.1 Å². The van der Waals surface area contributed by atoms with Crippen molar-refractivity contribution in [2.75, 3.05) is 5.32 Å². The summed E-state index contributed by atoms with van der Waals surface area (Å²) >= 11 is 6.17. The molecule has 7 heteroatoms. The van der Waals surface area contributed by atoms with E-state index in [4.69, 9.17) is 16.1 Å². The lowest BCUT2D eigenvalue weighted by Crippen LogP contribution is -2.21. The van der Waals surface area contributed by atoms with Crippen molar-refractivity contribution in [3.63, 3.8) is 0 Å². The van der Waals surface area contributed by atoms with Gasteiger partial charge in [0.1, 0.15) is 5.76 Å². The van der Waals surface area contributed by atoms with Crippen LogP contribution in [-0.4, -0.2) is 15.6 Å². The number of anilines is 1. The lowest BCUT2D eigenvalue weighted by molar-refractivity contribution is -0.116. The first-order chi connectivity index (χ1) is 12.9. The van der Waals surface area contributed by atoms with Crippen molar-refractivity contribution in [3.05, 3.63) is 80.6 Å². The first kappa shape index (κ1) is 18.9. The first-order valence-electron chi connectivity index (χ1n) is 8.59. The molecule has 2 heterocycles. The Morgan fingerprint density at radius 3 is 2.70 bits per heavy atom. The molecule has 1 aromatic carbocycles. The van der Waals surface area contributed by atoms with Crippen LogP contribution >= 0.6 is 11.6 Å². The summed E-state index contributed by atoms with van der Waals surface area (Å²) < 4.78 is 6.63. The average molecular weight is 386 g/mol. The van der Waals surface area contributed by atoms with Gasteiger partial charge < -0.3 is 14.4 Å². The Morgan fingerprint density at radius 2 is 2.00 bits per heavy atom. The number of hydrogen-bond acceptors (Lipinski definition) is 4. The second-order valence-corrected chi connectivity index (χ2v) is 6.73. The summed E-state index contributed by atoms with van der Waals surface area (Å²) in [5.74, 6) is 0.589. The van der Waals surface area contributed by atoms with Crippen LogP contribution < -0.4 is 10.9 Å². The Kier molecular flexibility index (Phi) is 5.76. The number of nitrogens with one attached hydrogen (secondary N) is 1. The predicted octanol–water partition coefficient (Wildman–Crippen LogP) is 3.73. The van der Waals surface area contributed by atoms with Crippen LogP contribution in [0.4, 0.5) is 5.69 Å². The van der Waals surface area contributed by atoms with Crippen LogP contribution in [0, 0.1) is 13.8 Å². The minimum atomic E-state index is -0.163. The number of benzene rings is 1. The summed E-state index contributed by atoms with van der Waals surface area (Å²) in [6.07, 6.45) is 2.47. The highest BCUT2D eigenvalue weighted by Crippen LogP contribution is 2.17. The molecule has 0 spiro atoms. The van der Waals surface area contributed by atoms with Gasteiger partial charge in [-0.2, -0.15) is 0 Å². The molecular formula is C20H20ClN3O3. The van der Waals surface area contributed by atoms with Gasteiger partial charge in [0.15, 0.2) is 0 Å². The standard InChI is InChI=1S/C20H20ClN3O3/c1-13-17(14(2)27-23-13)8-9-19(25)22-16-7-10-20(26)24(12-16)11-15-5-3-4-6-18(15)21/h3-7,10,12H,8-9,11H2,1-2H3,(H,22,25). The van der Waals surface area contributed by atoms with Crippen molar-refractivity contribution in [2.45, 2.75) is 33.2 Å². The molecule has 3 aromatic rings. The molecular weight excluding hydrogens is 366 g/mol. The fraction of sp³-hybridized carbons (Fsp3) is 0.250. The number of carbonyl (C=O) groups excluding carboxylic acids is 1. The zero-order valence-electron chi connectivity index (χ0n) is 15.2. The molecule has 140 valence electrons. The van der Waals surface area contributed by atoms with Crippen LogP contribution in [0.25, 0.3) is 0 Å². The number of pyridine rings is 1. The van der Waals surface area contributed by atoms with E-state index < -0.39 is 0 Å². The molecule has 0 aliphatic carbocycles. The molecule has 0 bridgehead atoms. The Balaban J connectivity index is 1.68. The third kappa shape index (κ3) is 4.65. The summed E-state index contributed by atoms with van der Waals surface area (Å²) in [6.45, 7) is 4.02. The maximum absolute atomic E-state index is 12.3. The van der Waals surface area contributed by atoms with Gasteiger partial charge in [-0.15, -0.1) is 0 Å². The number of aryl methyl sites for hydroxylation is 2. The molecule has 27 heavy (non-hydrogen) atoms. The van der Waals surface area contributed by atoms with Crippen molar-refractivity contribution in [1.29, 1.82) is 0 Å². The zero-order chi connectivity index (χ0) is 19.4. The number of nitrogens with zero attached hydrogens (tertiary/aromatic N) is 2. The van der Waals surface area contributed by atoms with Gasteiger partial charge in [0.2, 0.25) is 5.91 Å². The molecule has 0 saturated heterocycles. The van der Waals surface area contributed by atoms with E-state index in [1.165, 1.54) is 10.6 Å². The maximum atomic E-state index is 12.3. The Hall–Kier alpha value is -2.86. The minimum Gasteiger partial charge on any atom is -0.361 e. The number of hydrogen-bond donors (Lipinski definition) is 1. The summed E-state index contributed by atoms with van der Waals surface area (Å²) in [5.41, 5.74) is 2.99. The SMILES string of the molecule is Cc1noc(C)c1CCC(=O)Nc1ccc(=O)n(Cc2ccccc2Cl)c1. The molecule has 0 unspecified atom stereocenters. The minimum absolute atomic E-state index is 0.141. The lowest BCUT2D eigenvalue weighted by atomic mass is 10.1. The van der Waals surface area contributed by atoms with Gasteiger partial charge in [-0.25, -0.2) is 0 Å². The van der Waals surface area contributed by atoms with E-state index in [1.54, 1.807) is 18.3 Å². The highest BCUT2D eigenvalue weighted by Gasteiger charge is 2.12. The highest BCUT2D eigenvalue weighted by molar-refractivity contribution is 6.31. The summed E-state index contributed by atoms with van der Waals surface area (Å²) in [6, 6.07) is 10.4. The molecule has 0 radical (unpaired) electrons. The van der Waals surface area contributed by atoms with E-state index in [9.17, 15) is 9.59 Å². The fourth-order valence-corrected chi connectivity index (χ4v) is 3.06. The number of aromatic nitrogens is 2. The average Bonchev–Trinajstić information content (AvgIpc) is 2.96. The Labute approximate surface area is 161 Å². The van der Waals surface area contributed by atoms with Gasteiger partial charge in [-0.3, -0.25) is 9.59 Å². The molecule has 0 aliphatic rings. The van der Waals surface area contributed by atoms with Crippen molar-refractivity contribution in [2.24, 2.45) is 0 Å². The van der Waals surface area contributed by atoms with Crippen LogP contribution in [0.1, 0.15) is 29.0 Å². The zero-order valence-corrected chi connectivity index (χ0v) is 15.9. The monoisotopic (exact) mass is 385 g/mol. The fourth-order valence-electron chi connectivity index (χ4n) is 2.86. The van der Waals surface area contributed by atoms with E-state index in [1.807, 2.05) is 32.0 Å². The van der Waals surface area contributed by atoms with Gasteiger partial charge in [0.25, 0.3) is 5.56 Å². The molecule has 0 aliphatic heterocycles. The molecule has 1 N–H and O–H groups in total. The van der Waals surface area contributed by atoms with E-state index in [2.05, 4.69) is 10.5 Å². The van der Waals surface area contributed by atoms with Crippen LogP contribution in [0.2, 0.25) is 5.02 Å². The predicted molar refractivity (Wildman–Crippen MR) is 104 cm³/mol. The first-order valence-corrected chi connectivity index (χ1v) is 8.97. The van der Waals surface area contributed by atoms with Crippen LogP contribution in [0.3, 0.4) is 0 Å². The number of halogens is 1. The van der Waals surface area contributed by atoms with Crippen molar-refractivity contribution in [1.82, 2.24) is 9.72 Å². The van der Waals surface area contributed by atoms with Crippen LogP contribution in [0.15, 0.2) is 51.9 Å². The summed E-state index contributed by atoms with van der Waals surface area (Å²) in [7, 11) is 0. The third-order valence-electron chi connectivity index (χ3n) is 4.35. The number of rotatable bonds is 6. The molecule has 0 fully saturated rings. The van der Waals surface area contributed by atoms with E-state index in [0.717, 1.165) is 22.6 Å². The van der Waals surface area contributed by atoms with Crippen LogP contribution in [0.5, 0.6) is 0 Å². The molecule has 2 aromatic heterocycles. The largest absolute Gasteiger partial charge is 0.361 e. The van der Waals surface area contributed by atoms with Crippen molar-refractivity contribution >= 4 is 23.2 Å². The second kappa shape index (κ2) is 8.22. The quantitative estimate of drug-likeness (QED) is 0.701. The number of carbonyl (C=O) groups is 1. The summed E-state index contributed by atoms with van der Waals surface area (Å²) in [4.78, 5) is 24.4. The normalized spacial score (nSPS) is 10.8. The number of amides is 1. The molecule has 1 amide bonds. The summed E-state index contributed by atoms with van der Waals surface area (Å²) in [5, 5.41) is 7.32.